The van der Waals surface area contributed by atoms with Crippen molar-refractivity contribution in [3.8, 4) is 11.4 Å². The number of primary amides is 1. The van der Waals surface area contributed by atoms with E-state index in [0.29, 0.717) is 18.1 Å². The van der Waals surface area contributed by atoms with Crippen LogP contribution in [0.1, 0.15) is 5.69 Å². The van der Waals surface area contributed by atoms with Gasteiger partial charge in [0.25, 0.3) is 0 Å². The molecule has 5 nitrogen and oxygen atoms in total. The molecule has 1 aliphatic rings. The highest BCUT2D eigenvalue weighted by atomic mass is 32.2. The van der Waals surface area contributed by atoms with Crippen molar-refractivity contribution >= 4 is 17.7 Å². The standard InChI is InChI=1S/C16H17FN4OS/c17-12-3-1-11(2-4-12)16-19-6-5-13(20-16)9-21-7-8-23-10-14(21)15(18)22/h1-6,14H,7-10H2,(H2,18,22). The lowest BCUT2D eigenvalue weighted by Gasteiger charge is -2.32. The molecule has 1 amide bonds. The second-order valence-corrected chi connectivity index (χ2v) is 6.49. The van der Waals surface area contributed by atoms with Crippen LogP contribution in [-0.2, 0) is 11.3 Å². The highest BCUT2D eigenvalue weighted by Gasteiger charge is 2.27. The van der Waals surface area contributed by atoms with Crippen molar-refractivity contribution in [3.05, 3.63) is 48.0 Å². The van der Waals surface area contributed by atoms with E-state index in [2.05, 4.69) is 14.9 Å². The number of benzene rings is 1. The van der Waals surface area contributed by atoms with Gasteiger partial charge in [0.1, 0.15) is 5.82 Å². The molecule has 1 aromatic heterocycles. The van der Waals surface area contributed by atoms with Crippen LogP contribution in [0.2, 0.25) is 0 Å². The highest BCUT2D eigenvalue weighted by molar-refractivity contribution is 7.99. The molecule has 1 aliphatic heterocycles. The van der Waals surface area contributed by atoms with Crippen molar-refractivity contribution in [2.75, 3.05) is 18.1 Å². The first kappa shape index (κ1) is 15.9. The Labute approximate surface area is 138 Å². The van der Waals surface area contributed by atoms with Crippen LogP contribution < -0.4 is 5.73 Å². The third-order valence-corrected chi connectivity index (χ3v) is 4.77. The zero-order valence-electron chi connectivity index (χ0n) is 12.5. The summed E-state index contributed by atoms with van der Waals surface area (Å²) in [5, 5.41) is 0. The molecule has 2 N–H and O–H groups in total. The molecule has 7 heteroatoms. The average Bonchev–Trinajstić information content (AvgIpc) is 2.56. The maximum Gasteiger partial charge on any atom is 0.235 e. The van der Waals surface area contributed by atoms with Gasteiger partial charge in [0.15, 0.2) is 5.82 Å². The fourth-order valence-corrected chi connectivity index (χ4v) is 3.65. The van der Waals surface area contributed by atoms with Crippen molar-refractivity contribution in [2.45, 2.75) is 12.6 Å². The minimum atomic E-state index is -0.301. The molecule has 3 rings (SSSR count). The largest absolute Gasteiger partial charge is 0.368 e. The zero-order valence-corrected chi connectivity index (χ0v) is 13.3. The summed E-state index contributed by atoms with van der Waals surface area (Å²) in [5.41, 5.74) is 7.06. The minimum absolute atomic E-state index is 0.266. The Balaban J connectivity index is 1.79. The average molecular weight is 332 g/mol. The normalized spacial score (nSPS) is 18.7. The van der Waals surface area contributed by atoms with E-state index >= 15 is 0 Å². The van der Waals surface area contributed by atoms with Crippen LogP contribution in [0.15, 0.2) is 36.5 Å². The van der Waals surface area contributed by atoms with Crippen molar-refractivity contribution in [3.63, 3.8) is 0 Å². The Morgan fingerprint density at radius 2 is 2.13 bits per heavy atom. The monoisotopic (exact) mass is 332 g/mol. The van der Waals surface area contributed by atoms with Gasteiger partial charge in [-0.15, -0.1) is 0 Å². The summed E-state index contributed by atoms with van der Waals surface area (Å²) in [7, 11) is 0. The van der Waals surface area contributed by atoms with E-state index in [1.165, 1.54) is 12.1 Å². The first-order valence-electron chi connectivity index (χ1n) is 7.32. The summed E-state index contributed by atoms with van der Waals surface area (Å²) in [6, 6.07) is 7.63. The SMILES string of the molecule is NC(=O)C1CSCCN1Cc1ccnc(-c2ccc(F)cc2)n1. The topological polar surface area (TPSA) is 72.1 Å². The first-order chi connectivity index (χ1) is 11.1. The number of hydrogen-bond donors (Lipinski definition) is 1. The van der Waals surface area contributed by atoms with Gasteiger partial charge in [-0.2, -0.15) is 11.8 Å². The van der Waals surface area contributed by atoms with Gasteiger partial charge in [-0.1, -0.05) is 0 Å². The predicted molar refractivity (Wildman–Crippen MR) is 88.1 cm³/mol. The molecule has 0 saturated carbocycles. The number of nitrogens with zero attached hydrogens (tertiary/aromatic N) is 3. The van der Waals surface area contributed by atoms with Gasteiger partial charge in [-0.25, -0.2) is 14.4 Å². The summed E-state index contributed by atoms with van der Waals surface area (Å²) >= 11 is 1.74. The molecule has 0 bridgehead atoms. The van der Waals surface area contributed by atoms with E-state index in [1.807, 2.05) is 6.07 Å². The molecule has 0 aliphatic carbocycles. The van der Waals surface area contributed by atoms with Crippen LogP contribution >= 0.6 is 11.8 Å². The second kappa shape index (κ2) is 7.06. The maximum absolute atomic E-state index is 13.0. The van der Waals surface area contributed by atoms with Gasteiger partial charge in [0, 0.05) is 36.4 Å². The third kappa shape index (κ3) is 3.86. The molecule has 1 aromatic carbocycles. The molecule has 1 saturated heterocycles. The Kier molecular flexibility index (Phi) is 4.88. The summed E-state index contributed by atoms with van der Waals surface area (Å²) in [5.74, 6) is 1.64. The Morgan fingerprint density at radius 3 is 2.87 bits per heavy atom. The second-order valence-electron chi connectivity index (χ2n) is 5.34. The molecule has 1 fully saturated rings. The number of amides is 1. The van der Waals surface area contributed by atoms with E-state index in [1.54, 1.807) is 30.1 Å². The lowest BCUT2D eigenvalue weighted by Crippen LogP contribution is -2.49. The van der Waals surface area contributed by atoms with Crippen molar-refractivity contribution in [2.24, 2.45) is 5.73 Å². The summed E-state index contributed by atoms with van der Waals surface area (Å²) in [6.45, 7) is 1.35. The smallest absolute Gasteiger partial charge is 0.235 e. The number of carbonyl (C=O) groups is 1. The number of thioether (sulfide) groups is 1. The van der Waals surface area contributed by atoms with E-state index in [0.717, 1.165) is 23.6 Å². The molecule has 120 valence electrons. The highest BCUT2D eigenvalue weighted by Crippen LogP contribution is 2.20. The lowest BCUT2D eigenvalue weighted by atomic mass is 10.2. The fourth-order valence-electron chi connectivity index (χ4n) is 2.52. The molecule has 2 aromatic rings. The van der Waals surface area contributed by atoms with Gasteiger partial charge in [-0.3, -0.25) is 9.69 Å². The molecule has 23 heavy (non-hydrogen) atoms. The van der Waals surface area contributed by atoms with Crippen molar-refractivity contribution in [1.29, 1.82) is 0 Å². The van der Waals surface area contributed by atoms with Crippen molar-refractivity contribution < 1.29 is 9.18 Å². The molecule has 0 spiro atoms. The van der Waals surface area contributed by atoms with Crippen molar-refractivity contribution in [1.82, 2.24) is 14.9 Å². The minimum Gasteiger partial charge on any atom is -0.368 e. The molecule has 1 unspecified atom stereocenters. The molecular formula is C16H17FN4OS. The number of halogens is 1. The van der Waals surface area contributed by atoms with Crippen LogP contribution in [0.3, 0.4) is 0 Å². The zero-order chi connectivity index (χ0) is 16.2. The molecular weight excluding hydrogens is 315 g/mol. The molecule has 2 heterocycles. The van der Waals surface area contributed by atoms with E-state index in [4.69, 9.17) is 5.73 Å². The lowest BCUT2D eigenvalue weighted by molar-refractivity contribution is -0.122. The number of rotatable bonds is 4. The first-order valence-corrected chi connectivity index (χ1v) is 8.48. The third-order valence-electron chi connectivity index (χ3n) is 3.75. The van der Waals surface area contributed by atoms with Crippen LogP contribution in [0.25, 0.3) is 11.4 Å². The van der Waals surface area contributed by atoms with Crippen LogP contribution in [0, 0.1) is 5.82 Å². The fraction of sp³-hybridized carbons (Fsp3) is 0.312. The van der Waals surface area contributed by atoms with E-state index in [9.17, 15) is 9.18 Å². The van der Waals surface area contributed by atoms with E-state index < -0.39 is 0 Å². The number of nitrogens with two attached hydrogens (primary N) is 1. The van der Waals surface area contributed by atoms with Gasteiger partial charge in [0.2, 0.25) is 5.91 Å². The van der Waals surface area contributed by atoms with Crippen LogP contribution in [-0.4, -0.2) is 44.9 Å². The number of carbonyl (C=O) groups excluding carboxylic acids is 1. The Hall–Kier alpha value is -1.99. The number of hydrogen-bond acceptors (Lipinski definition) is 5. The van der Waals surface area contributed by atoms with Crippen LogP contribution in [0.5, 0.6) is 0 Å². The summed E-state index contributed by atoms with van der Waals surface area (Å²) in [6.07, 6.45) is 1.68. The Morgan fingerprint density at radius 1 is 1.35 bits per heavy atom. The quantitative estimate of drug-likeness (QED) is 0.922. The summed E-state index contributed by atoms with van der Waals surface area (Å²) in [4.78, 5) is 22.4. The van der Waals surface area contributed by atoms with Crippen LogP contribution in [0.4, 0.5) is 4.39 Å². The van der Waals surface area contributed by atoms with Gasteiger partial charge < -0.3 is 5.73 Å². The molecule has 1 atom stereocenters. The maximum atomic E-state index is 13.0. The summed E-state index contributed by atoms with van der Waals surface area (Å²) < 4.78 is 13.0. The predicted octanol–water partition coefficient (Wildman–Crippen LogP) is 1.69. The van der Waals surface area contributed by atoms with Gasteiger partial charge in [-0.05, 0) is 30.3 Å². The molecule has 0 radical (unpaired) electrons. The van der Waals surface area contributed by atoms with Gasteiger partial charge >= 0.3 is 0 Å². The van der Waals surface area contributed by atoms with Gasteiger partial charge in [0.05, 0.1) is 11.7 Å². The Bertz CT molecular complexity index is 695. The number of aromatic nitrogens is 2. The van der Waals surface area contributed by atoms with E-state index in [-0.39, 0.29) is 17.8 Å².